The summed E-state index contributed by atoms with van der Waals surface area (Å²) in [5.41, 5.74) is 30.2. The van der Waals surface area contributed by atoms with Crippen LogP contribution in [-0.4, -0.2) is 0 Å². The van der Waals surface area contributed by atoms with Crippen molar-refractivity contribution in [2.24, 2.45) is 0 Å². The Labute approximate surface area is 523 Å². The fourth-order valence-corrected chi connectivity index (χ4v) is 16.5. The Kier molecular flexibility index (Phi) is 11.4. The Morgan fingerprint density at radius 2 is 0.449 bits per heavy atom. The third-order valence-corrected chi connectivity index (χ3v) is 21.0. The standard InChI is InChI=1S/C86H69N3/c1-83(2)73-36-22-18-32-61(73)65-44-40-58(49-77(65)83)87(54-26-12-9-13-27-54)57-43-47-68-70(48-57)82(89(56-30-16-11-17-31-56)60-42-46-67-63-34-20-24-38-75(63)85(5,6)79(67)51-60)71-52-69-64-35-21-25-39-76(64)86(7,8)80(69)53-72(71)81(68)88(55-28-14-10-15-29-55)59-41-45-66-62-33-19-23-37-74(62)84(3,4)78(66)50-59/h9-53H,1-8H3. The average Bonchev–Trinajstić information content (AvgIpc) is 1.71. The predicted octanol–water partition coefficient (Wildman–Crippen LogP) is 23.6. The van der Waals surface area contributed by atoms with Gasteiger partial charge < -0.3 is 14.7 Å². The van der Waals surface area contributed by atoms with E-state index >= 15 is 0 Å². The van der Waals surface area contributed by atoms with Crippen molar-refractivity contribution in [3.05, 3.63) is 317 Å². The largest absolute Gasteiger partial charge is 0.310 e. The fourth-order valence-electron chi connectivity index (χ4n) is 16.5. The molecule has 3 nitrogen and oxygen atoms in total. The number of fused-ring (bicyclic) bond motifs is 14. The molecule has 13 aromatic rings. The van der Waals surface area contributed by atoms with Crippen LogP contribution in [0.5, 0.6) is 0 Å². The zero-order valence-corrected chi connectivity index (χ0v) is 51.8. The highest BCUT2D eigenvalue weighted by molar-refractivity contribution is 6.25. The van der Waals surface area contributed by atoms with Gasteiger partial charge in [-0.1, -0.05) is 231 Å². The number of anilines is 9. The summed E-state index contributed by atoms with van der Waals surface area (Å²) in [4.78, 5) is 7.68. The molecule has 0 aromatic heterocycles. The normalized spacial score (nSPS) is 15.1. The molecule has 0 aliphatic heterocycles. The lowest BCUT2D eigenvalue weighted by Gasteiger charge is -2.35. The van der Waals surface area contributed by atoms with Gasteiger partial charge in [-0.15, -0.1) is 0 Å². The van der Waals surface area contributed by atoms with E-state index in [4.69, 9.17) is 0 Å². The van der Waals surface area contributed by atoms with E-state index in [1.54, 1.807) is 0 Å². The number of rotatable bonds is 9. The summed E-state index contributed by atoms with van der Waals surface area (Å²) in [7, 11) is 0. The molecule has 0 saturated carbocycles. The molecular formula is C86H69N3. The minimum Gasteiger partial charge on any atom is -0.310 e. The molecule has 4 aliphatic rings. The SMILES string of the molecule is CC1(C)c2ccccc2-c2ccc(N(c3ccccc3)c3ccc4c(N(c5ccccc5)c5ccc6c(c5)C(C)(C)c5ccccc5-6)c5cc6c(cc5c(N(c5ccccc5)c5ccc7c(c5)C(C)(C)c5ccccc5-7)c4c3)-c3ccccc3C6(C)C)cc21. The smallest absolute Gasteiger partial charge is 0.0620 e. The van der Waals surface area contributed by atoms with Crippen molar-refractivity contribution in [1.29, 1.82) is 0 Å². The zero-order valence-electron chi connectivity index (χ0n) is 51.8. The summed E-state index contributed by atoms with van der Waals surface area (Å²) in [5, 5.41) is 4.62. The van der Waals surface area contributed by atoms with E-state index in [2.05, 4.69) is 343 Å². The van der Waals surface area contributed by atoms with E-state index in [-0.39, 0.29) is 21.7 Å². The second-order valence-corrected chi connectivity index (χ2v) is 27.3. The van der Waals surface area contributed by atoms with Crippen molar-refractivity contribution in [2.75, 3.05) is 14.7 Å². The van der Waals surface area contributed by atoms with Gasteiger partial charge >= 0.3 is 0 Å². The van der Waals surface area contributed by atoms with Gasteiger partial charge in [-0.25, -0.2) is 0 Å². The molecule has 0 heterocycles. The van der Waals surface area contributed by atoms with Crippen molar-refractivity contribution in [2.45, 2.75) is 77.0 Å². The maximum atomic E-state index is 2.60. The first-order valence-electron chi connectivity index (χ1n) is 31.7. The van der Waals surface area contributed by atoms with Crippen LogP contribution in [0.2, 0.25) is 0 Å². The van der Waals surface area contributed by atoms with Crippen molar-refractivity contribution >= 4 is 72.7 Å². The molecule has 0 atom stereocenters. The van der Waals surface area contributed by atoms with Crippen LogP contribution < -0.4 is 14.7 Å². The molecule has 0 radical (unpaired) electrons. The van der Waals surface area contributed by atoms with Gasteiger partial charge in [-0.2, -0.15) is 0 Å². The van der Waals surface area contributed by atoms with Crippen LogP contribution in [0.4, 0.5) is 51.2 Å². The van der Waals surface area contributed by atoms with Crippen LogP contribution in [0.1, 0.15) is 99.9 Å². The summed E-state index contributed by atoms with van der Waals surface area (Å²) < 4.78 is 0. The predicted molar refractivity (Wildman–Crippen MR) is 376 cm³/mol. The minimum atomic E-state index is -0.279. The van der Waals surface area contributed by atoms with Gasteiger partial charge in [0.25, 0.3) is 0 Å². The number of nitrogens with zero attached hydrogens (tertiary/aromatic N) is 3. The maximum Gasteiger partial charge on any atom is 0.0620 e. The molecule has 3 heteroatoms. The molecule has 13 aromatic carbocycles. The van der Waals surface area contributed by atoms with Gasteiger partial charge in [-0.05, 0) is 186 Å². The Hall–Kier alpha value is -10.2. The number of hydrogen-bond acceptors (Lipinski definition) is 3. The topological polar surface area (TPSA) is 9.72 Å². The molecule has 0 spiro atoms. The van der Waals surface area contributed by atoms with Crippen molar-refractivity contribution in [3.63, 3.8) is 0 Å². The third kappa shape index (κ3) is 7.64. The van der Waals surface area contributed by atoms with Crippen molar-refractivity contribution in [3.8, 4) is 44.5 Å². The highest BCUT2D eigenvalue weighted by Crippen LogP contribution is 2.60. The van der Waals surface area contributed by atoms with Crippen molar-refractivity contribution < 1.29 is 0 Å². The molecule has 17 rings (SSSR count). The first kappa shape index (κ1) is 53.1. The van der Waals surface area contributed by atoms with Crippen LogP contribution in [0, 0.1) is 0 Å². The molecule has 89 heavy (non-hydrogen) atoms. The highest BCUT2D eigenvalue weighted by Gasteiger charge is 2.41. The Balaban J connectivity index is 1.02. The third-order valence-electron chi connectivity index (χ3n) is 21.0. The molecule has 0 fully saturated rings. The molecule has 0 bridgehead atoms. The Morgan fingerprint density at radius 1 is 0.180 bits per heavy atom. The lowest BCUT2D eigenvalue weighted by atomic mass is 9.81. The fraction of sp³-hybridized carbons (Fsp3) is 0.140. The molecule has 0 amide bonds. The van der Waals surface area contributed by atoms with Crippen molar-refractivity contribution in [1.82, 2.24) is 0 Å². The van der Waals surface area contributed by atoms with Crippen LogP contribution in [-0.2, 0) is 21.7 Å². The average molecular weight is 1140 g/mol. The van der Waals surface area contributed by atoms with E-state index in [1.807, 2.05) is 0 Å². The second kappa shape index (κ2) is 19.1. The molecule has 0 unspecified atom stereocenters. The lowest BCUT2D eigenvalue weighted by Crippen LogP contribution is -2.19. The van der Waals surface area contributed by atoms with Crippen LogP contribution in [0.25, 0.3) is 66.1 Å². The van der Waals surface area contributed by atoms with E-state index in [0.29, 0.717) is 0 Å². The summed E-state index contributed by atoms with van der Waals surface area (Å²) in [6.07, 6.45) is 0. The van der Waals surface area contributed by atoms with Crippen LogP contribution in [0.3, 0.4) is 0 Å². The lowest BCUT2D eigenvalue weighted by molar-refractivity contribution is 0.660. The first-order valence-corrected chi connectivity index (χ1v) is 31.7. The highest BCUT2D eigenvalue weighted by atomic mass is 15.2. The van der Waals surface area contributed by atoms with E-state index in [0.717, 1.165) is 62.0 Å². The minimum absolute atomic E-state index is 0.194. The summed E-state index contributed by atoms with van der Waals surface area (Å²) in [5.74, 6) is 0. The maximum absolute atomic E-state index is 2.60. The van der Waals surface area contributed by atoms with Gasteiger partial charge in [0.2, 0.25) is 0 Å². The monoisotopic (exact) mass is 1140 g/mol. The summed E-state index contributed by atoms with van der Waals surface area (Å²) in [6, 6.07) is 104. The Morgan fingerprint density at radius 3 is 0.854 bits per heavy atom. The quantitative estimate of drug-likeness (QED) is 0.105. The molecule has 0 saturated heterocycles. The number of benzene rings is 13. The van der Waals surface area contributed by atoms with Crippen LogP contribution in [0.15, 0.2) is 273 Å². The number of para-hydroxylation sites is 3. The second-order valence-electron chi connectivity index (χ2n) is 27.3. The summed E-state index contributed by atoms with van der Waals surface area (Å²) >= 11 is 0. The number of hydrogen-bond donors (Lipinski definition) is 0. The van der Waals surface area contributed by atoms with E-state index < -0.39 is 0 Å². The van der Waals surface area contributed by atoms with Crippen LogP contribution >= 0.6 is 0 Å². The van der Waals surface area contributed by atoms with Gasteiger partial charge in [0.1, 0.15) is 0 Å². The van der Waals surface area contributed by atoms with Gasteiger partial charge in [0, 0.05) is 83.0 Å². The molecule has 428 valence electrons. The van der Waals surface area contributed by atoms with Gasteiger partial charge in [0.05, 0.1) is 11.4 Å². The molecule has 0 N–H and O–H groups in total. The zero-order chi connectivity index (χ0) is 60.3. The van der Waals surface area contributed by atoms with Gasteiger partial charge in [-0.3, -0.25) is 0 Å². The Bertz CT molecular complexity index is 5090. The van der Waals surface area contributed by atoms with E-state index in [9.17, 15) is 0 Å². The molecular weight excluding hydrogens is 1070 g/mol. The first-order chi connectivity index (χ1) is 43.2. The van der Waals surface area contributed by atoms with Gasteiger partial charge in [0.15, 0.2) is 0 Å². The van der Waals surface area contributed by atoms with E-state index in [1.165, 1.54) is 99.8 Å². The summed E-state index contributed by atoms with van der Waals surface area (Å²) in [6.45, 7) is 19.2. The molecule has 4 aliphatic carbocycles.